The predicted molar refractivity (Wildman–Crippen MR) is 125 cm³/mol. The number of hydrogen-bond donors (Lipinski definition) is 2. The van der Waals surface area contributed by atoms with E-state index in [1.807, 2.05) is 0 Å². The highest BCUT2D eigenvalue weighted by molar-refractivity contribution is 7.17. The van der Waals surface area contributed by atoms with E-state index in [0.29, 0.717) is 21.9 Å². The van der Waals surface area contributed by atoms with Crippen LogP contribution in [0.5, 0.6) is 11.5 Å². The van der Waals surface area contributed by atoms with Crippen LogP contribution in [0.4, 0.5) is 4.39 Å². The normalized spacial score (nSPS) is 11.4. The second-order valence-corrected chi connectivity index (χ2v) is 7.87. The third kappa shape index (κ3) is 5.65. The number of nitrogens with zero attached hydrogens (tertiary/aromatic N) is 2. The highest BCUT2D eigenvalue weighted by atomic mass is 32.1. The lowest BCUT2D eigenvalue weighted by Crippen LogP contribution is -2.36. The molecule has 10 heteroatoms. The van der Waals surface area contributed by atoms with E-state index in [0.717, 1.165) is 16.0 Å². The summed E-state index contributed by atoms with van der Waals surface area (Å²) in [5.41, 5.74) is 1.58. The van der Waals surface area contributed by atoms with Gasteiger partial charge in [0.15, 0.2) is 11.5 Å². The molecular weight excluding hydrogens is 449 g/mol. The van der Waals surface area contributed by atoms with E-state index in [1.54, 1.807) is 30.5 Å². The van der Waals surface area contributed by atoms with Crippen LogP contribution in [-0.4, -0.2) is 61.6 Å². The number of aliphatic hydroxyl groups excluding tert-OH is 1. The number of hydrazone groups is 1. The summed E-state index contributed by atoms with van der Waals surface area (Å²) < 4.78 is 25.0. The van der Waals surface area contributed by atoms with Crippen LogP contribution in [0.2, 0.25) is 0 Å². The van der Waals surface area contributed by atoms with Gasteiger partial charge < -0.3 is 19.9 Å². The molecule has 0 atom stereocenters. The summed E-state index contributed by atoms with van der Waals surface area (Å²) in [6.45, 7) is 1.42. The number of likely N-dealkylation sites (N-methyl/N-ethyl adjacent to an activating group) is 1. The Hall–Kier alpha value is -3.50. The van der Waals surface area contributed by atoms with Gasteiger partial charge in [0.2, 0.25) is 0 Å². The minimum atomic E-state index is -0.469. The molecule has 0 bridgehead atoms. The van der Waals surface area contributed by atoms with Crippen molar-refractivity contribution < 1.29 is 28.6 Å². The molecule has 2 amide bonds. The van der Waals surface area contributed by atoms with Crippen molar-refractivity contribution in [3.63, 3.8) is 0 Å². The van der Waals surface area contributed by atoms with Crippen LogP contribution in [0, 0.1) is 5.82 Å². The third-order valence-electron chi connectivity index (χ3n) is 4.78. The molecule has 0 fully saturated rings. The van der Waals surface area contributed by atoms with Crippen LogP contribution >= 0.6 is 11.3 Å². The topological polar surface area (TPSA) is 100 Å². The molecule has 0 radical (unpaired) electrons. The van der Waals surface area contributed by atoms with Gasteiger partial charge in [-0.15, -0.1) is 11.3 Å². The zero-order valence-electron chi connectivity index (χ0n) is 18.4. The first-order chi connectivity index (χ1) is 15.8. The van der Waals surface area contributed by atoms with Gasteiger partial charge in [0.1, 0.15) is 12.4 Å². The molecule has 1 heterocycles. The first kappa shape index (κ1) is 24.1. The van der Waals surface area contributed by atoms with Crippen LogP contribution in [0.25, 0.3) is 10.1 Å². The third-order valence-corrected chi connectivity index (χ3v) is 5.78. The van der Waals surface area contributed by atoms with Crippen LogP contribution in [0.1, 0.15) is 22.8 Å². The quantitative estimate of drug-likeness (QED) is 0.368. The highest BCUT2D eigenvalue weighted by Gasteiger charge is 2.16. The molecule has 0 unspecified atom stereocenters. The van der Waals surface area contributed by atoms with Crippen LogP contribution in [0.15, 0.2) is 46.9 Å². The minimum Gasteiger partial charge on any atom is -0.493 e. The van der Waals surface area contributed by atoms with Crippen molar-refractivity contribution in [2.24, 2.45) is 5.10 Å². The number of fused-ring (bicyclic) bond motifs is 1. The van der Waals surface area contributed by atoms with Gasteiger partial charge >= 0.3 is 0 Å². The number of halogens is 1. The number of carbonyl (C=O) groups is 2. The smallest absolute Gasteiger partial charge is 0.261 e. The fraction of sp³-hybridized carbons (Fsp3) is 0.261. The lowest BCUT2D eigenvalue weighted by atomic mass is 10.1. The highest BCUT2D eigenvalue weighted by Crippen LogP contribution is 2.29. The second-order valence-electron chi connectivity index (χ2n) is 6.99. The van der Waals surface area contributed by atoms with Gasteiger partial charge in [-0.05, 0) is 31.2 Å². The Kier molecular flexibility index (Phi) is 7.96. The molecule has 2 N–H and O–H groups in total. The maximum absolute atomic E-state index is 13.9. The van der Waals surface area contributed by atoms with Crippen LogP contribution < -0.4 is 14.8 Å². The number of amides is 2. The van der Waals surface area contributed by atoms with Gasteiger partial charge in [0.05, 0.1) is 30.7 Å². The van der Waals surface area contributed by atoms with Gasteiger partial charge in [-0.1, -0.05) is 12.1 Å². The zero-order valence-corrected chi connectivity index (χ0v) is 19.2. The molecule has 174 valence electrons. The molecule has 0 aliphatic carbocycles. The fourth-order valence-electron chi connectivity index (χ4n) is 3.09. The number of ether oxygens (including phenoxy) is 2. The summed E-state index contributed by atoms with van der Waals surface area (Å²) >= 11 is 1.28. The summed E-state index contributed by atoms with van der Waals surface area (Å²) in [5.74, 6) is -0.468. The minimum absolute atomic E-state index is 0.0960. The van der Waals surface area contributed by atoms with E-state index in [2.05, 4.69) is 10.4 Å². The Morgan fingerprint density at radius 1 is 1.24 bits per heavy atom. The van der Waals surface area contributed by atoms with Gasteiger partial charge in [-0.25, -0.2) is 9.40 Å². The summed E-state index contributed by atoms with van der Waals surface area (Å²) in [5, 5.41) is 19.4. The summed E-state index contributed by atoms with van der Waals surface area (Å²) in [4.78, 5) is 24.9. The van der Waals surface area contributed by atoms with E-state index in [-0.39, 0.29) is 31.1 Å². The second kappa shape index (κ2) is 10.9. The van der Waals surface area contributed by atoms with E-state index in [1.165, 1.54) is 43.7 Å². The number of aliphatic hydroxyl groups is 1. The molecule has 33 heavy (non-hydrogen) atoms. The van der Waals surface area contributed by atoms with Gasteiger partial charge in [-0.3, -0.25) is 9.59 Å². The number of hydrogen-bond acceptors (Lipinski definition) is 7. The van der Waals surface area contributed by atoms with Crippen molar-refractivity contribution in [1.82, 2.24) is 10.3 Å². The molecule has 3 rings (SSSR count). The Morgan fingerprint density at radius 2 is 2.03 bits per heavy atom. The Balaban J connectivity index is 1.64. The number of nitrogens with one attached hydrogen (secondary N) is 1. The molecule has 0 saturated carbocycles. The van der Waals surface area contributed by atoms with Crippen molar-refractivity contribution in [2.45, 2.75) is 6.92 Å². The average Bonchev–Trinajstić information content (AvgIpc) is 3.26. The molecule has 0 spiro atoms. The van der Waals surface area contributed by atoms with E-state index in [4.69, 9.17) is 14.6 Å². The van der Waals surface area contributed by atoms with Crippen molar-refractivity contribution >= 4 is 38.9 Å². The molecule has 3 aromatic rings. The summed E-state index contributed by atoms with van der Waals surface area (Å²) in [6.07, 6.45) is 0. The van der Waals surface area contributed by atoms with Crippen molar-refractivity contribution in [3.8, 4) is 11.5 Å². The number of thiophene rings is 1. The number of carbonyl (C=O) groups excluding carboxylic acids is 2. The fourth-order valence-corrected chi connectivity index (χ4v) is 4.11. The molecule has 2 aromatic carbocycles. The number of methoxy groups -OCH3 is 1. The Labute approximate surface area is 194 Å². The maximum Gasteiger partial charge on any atom is 0.261 e. The molecule has 0 saturated heterocycles. The van der Waals surface area contributed by atoms with Crippen molar-refractivity contribution in [2.75, 3.05) is 33.9 Å². The first-order valence-corrected chi connectivity index (χ1v) is 10.9. The summed E-state index contributed by atoms with van der Waals surface area (Å²) in [6, 6.07) is 9.41. The van der Waals surface area contributed by atoms with Gasteiger partial charge in [-0.2, -0.15) is 5.10 Å². The first-order valence-electron chi connectivity index (χ1n) is 10.0. The molecule has 8 nitrogen and oxygen atoms in total. The lowest BCUT2D eigenvalue weighted by Gasteiger charge is -2.14. The van der Waals surface area contributed by atoms with E-state index >= 15 is 0 Å². The largest absolute Gasteiger partial charge is 0.493 e. The van der Waals surface area contributed by atoms with E-state index in [9.17, 15) is 14.0 Å². The molecular formula is C23H24FN3O5S. The van der Waals surface area contributed by atoms with Gasteiger partial charge in [0, 0.05) is 28.9 Å². The number of benzene rings is 2. The molecule has 0 aliphatic heterocycles. The van der Waals surface area contributed by atoms with Crippen molar-refractivity contribution in [3.05, 3.63) is 58.7 Å². The van der Waals surface area contributed by atoms with Gasteiger partial charge in [0.25, 0.3) is 11.8 Å². The zero-order chi connectivity index (χ0) is 24.0. The standard InChI is InChI=1S/C23H24FN3O5S/c1-14(17-13-33-22-16(17)5-4-6-18(22)24)26-27(2)21(29)12-25-23(30)15-7-8-19(32-10-9-28)20(11-15)31-3/h4-8,11,13,28H,9-10,12H2,1-3H3,(H,25,30)/b26-14+. The van der Waals surface area contributed by atoms with Crippen molar-refractivity contribution in [1.29, 1.82) is 0 Å². The van der Waals surface area contributed by atoms with Crippen LogP contribution in [0.3, 0.4) is 0 Å². The molecule has 1 aromatic heterocycles. The Morgan fingerprint density at radius 3 is 2.76 bits per heavy atom. The van der Waals surface area contributed by atoms with E-state index < -0.39 is 11.8 Å². The number of rotatable bonds is 9. The lowest BCUT2D eigenvalue weighted by molar-refractivity contribution is -0.128. The van der Waals surface area contributed by atoms with Crippen LogP contribution in [-0.2, 0) is 4.79 Å². The Bertz CT molecular complexity index is 1190. The average molecular weight is 474 g/mol. The monoisotopic (exact) mass is 473 g/mol. The molecule has 0 aliphatic rings. The summed E-state index contributed by atoms with van der Waals surface area (Å²) in [7, 11) is 2.93. The SMILES string of the molecule is COc1cc(C(=O)NCC(=O)N(C)/N=C(\C)c2csc3c(F)cccc23)ccc1OCCO. The maximum atomic E-state index is 13.9. The predicted octanol–water partition coefficient (Wildman–Crippen LogP) is 3.03.